The maximum Gasteiger partial charge on any atom is 0.339 e. The Morgan fingerprint density at radius 1 is 0.854 bits per heavy atom. The summed E-state index contributed by atoms with van der Waals surface area (Å²) in [5.74, 6) is -1.62. The van der Waals surface area contributed by atoms with Gasteiger partial charge in [-0.25, -0.2) is 30.4 Å². The lowest BCUT2D eigenvalue weighted by Crippen LogP contribution is -2.14. The van der Waals surface area contributed by atoms with Crippen LogP contribution in [0.2, 0.25) is 0 Å². The SMILES string of the molecule is N#Cc1ccccc1-c1c(-c2cccc(-c3ccc(C(=O)O)c4c3OCO4)c2)n(S(=O)(=O)c2ccc(C(F)F)cc2)c2ccc(F)cc12. The molecule has 8 nitrogen and oxygen atoms in total. The average molecular weight is 667 g/mol. The summed E-state index contributed by atoms with van der Waals surface area (Å²) in [5.41, 5.74) is 1.79. The highest BCUT2D eigenvalue weighted by Gasteiger charge is 2.31. The number of carboxylic acids is 1. The molecule has 0 spiro atoms. The number of nitrogens with zero attached hydrogens (tertiary/aromatic N) is 2. The van der Waals surface area contributed by atoms with Crippen molar-refractivity contribution >= 4 is 26.9 Å². The number of fused-ring (bicyclic) bond motifs is 2. The standard InChI is InChI=1S/C36H21F3N2O6S/c37-24-10-15-30-29(17-24)31(26-7-2-1-4-23(26)18-40)32(41(30)48(44,45)25-11-8-20(9-12-25)35(38)39)22-6-3-5-21(16-22)27-13-14-28(36(42)43)34-33(27)46-19-47-34/h1-17,35H,19H2,(H,42,43). The second-order valence-corrected chi connectivity index (χ2v) is 12.6. The van der Waals surface area contributed by atoms with Gasteiger partial charge in [0.25, 0.3) is 16.4 Å². The minimum atomic E-state index is -4.55. The number of aromatic carboxylic acids is 1. The number of benzene rings is 5. The summed E-state index contributed by atoms with van der Waals surface area (Å²) in [5, 5.41) is 19.9. The van der Waals surface area contributed by atoms with Gasteiger partial charge in [-0.15, -0.1) is 0 Å². The predicted octanol–water partition coefficient (Wildman–Crippen LogP) is 8.25. The van der Waals surface area contributed by atoms with Crippen molar-refractivity contribution in [1.82, 2.24) is 3.97 Å². The van der Waals surface area contributed by atoms with Gasteiger partial charge in [-0.1, -0.05) is 48.5 Å². The molecule has 0 amide bonds. The third kappa shape index (κ3) is 4.92. The Labute approximate surface area is 271 Å². The fourth-order valence-corrected chi connectivity index (χ4v) is 7.48. The monoisotopic (exact) mass is 666 g/mol. The lowest BCUT2D eigenvalue weighted by atomic mass is 9.93. The van der Waals surface area contributed by atoms with Crippen molar-refractivity contribution in [3.63, 3.8) is 0 Å². The minimum absolute atomic E-state index is 0.0495. The Balaban J connectivity index is 1.56. The molecule has 0 saturated heterocycles. The number of halogens is 3. The van der Waals surface area contributed by atoms with Gasteiger partial charge < -0.3 is 14.6 Å². The molecule has 6 aromatic rings. The molecule has 7 rings (SSSR count). The molecule has 5 aromatic carbocycles. The summed E-state index contributed by atoms with van der Waals surface area (Å²) in [7, 11) is -4.55. The lowest BCUT2D eigenvalue weighted by Gasteiger charge is -2.16. The molecule has 1 N–H and O–H groups in total. The van der Waals surface area contributed by atoms with Gasteiger partial charge in [-0.05, 0) is 60.2 Å². The Kier molecular flexibility index (Phi) is 7.41. The van der Waals surface area contributed by atoms with Gasteiger partial charge in [0.15, 0.2) is 11.5 Å². The van der Waals surface area contributed by atoms with Crippen LogP contribution in [-0.2, 0) is 10.0 Å². The number of ether oxygens (including phenoxy) is 2. The molecule has 0 atom stereocenters. The molecule has 12 heteroatoms. The van der Waals surface area contributed by atoms with E-state index in [9.17, 15) is 36.8 Å². The minimum Gasteiger partial charge on any atom is -0.478 e. The number of alkyl halides is 2. The van der Waals surface area contributed by atoms with Gasteiger partial charge in [0.05, 0.1) is 27.7 Å². The van der Waals surface area contributed by atoms with Gasteiger partial charge in [-0.3, -0.25) is 0 Å². The second-order valence-electron chi connectivity index (χ2n) is 10.8. The number of nitriles is 1. The largest absolute Gasteiger partial charge is 0.478 e. The molecule has 1 aromatic heterocycles. The van der Waals surface area contributed by atoms with Crippen molar-refractivity contribution in [1.29, 1.82) is 5.26 Å². The Morgan fingerprint density at radius 2 is 1.58 bits per heavy atom. The van der Waals surface area contributed by atoms with E-state index in [1.165, 1.54) is 18.2 Å². The molecule has 0 bridgehead atoms. The molecule has 0 aliphatic carbocycles. The molecule has 0 unspecified atom stereocenters. The van der Waals surface area contributed by atoms with E-state index < -0.39 is 28.2 Å². The number of carbonyl (C=O) groups is 1. The topological polar surface area (TPSA) is 119 Å². The fourth-order valence-electron chi connectivity index (χ4n) is 5.93. The average Bonchev–Trinajstić information content (AvgIpc) is 3.71. The normalized spacial score (nSPS) is 12.4. The number of carboxylic acid groups (broad SMARTS) is 1. The van der Waals surface area contributed by atoms with Crippen LogP contribution in [-0.4, -0.2) is 30.3 Å². The van der Waals surface area contributed by atoms with Crippen molar-refractivity contribution in [3.8, 4) is 51.1 Å². The van der Waals surface area contributed by atoms with Crippen LogP contribution in [0.25, 0.3) is 44.4 Å². The summed E-state index contributed by atoms with van der Waals surface area (Å²) < 4.78 is 82.9. The summed E-state index contributed by atoms with van der Waals surface area (Å²) in [6.07, 6.45) is -2.81. The summed E-state index contributed by atoms with van der Waals surface area (Å²) >= 11 is 0. The smallest absolute Gasteiger partial charge is 0.339 e. The third-order valence-corrected chi connectivity index (χ3v) is 9.80. The third-order valence-electron chi connectivity index (χ3n) is 8.07. The van der Waals surface area contributed by atoms with Crippen LogP contribution >= 0.6 is 0 Å². The first kappa shape index (κ1) is 30.6. The second kappa shape index (κ2) is 11.6. The zero-order valence-electron chi connectivity index (χ0n) is 24.5. The summed E-state index contributed by atoms with van der Waals surface area (Å²) in [6, 6.07) is 26.0. The van der Waals surface area contributed by atoms with Crippen LogP contribution in [0, 0.1) is 17.1 Å². The molecule has 0 saturated carbocycles. The van der Waals surface area contributed by atoms with Crippen LogP contribution in [0.5, 0.6) is 11.5 Å². The maximum atomic E-state index is 14.9. The number of hydrogen-bond acceptors (Lipinski definition) is 6. The highest BCUT2D eigenvalue weighted by Crippen LogP contribution is 2.47. The maximum absolute atomic E-state index is 14.9. The molecule has 0 radical (unpaired) electrons. The zero-order chi connectivity index (χ0) is 33.7. The molecule has 2 heterocycles. The van der Waals surface area contributed by atoms with Gasteiger partial charge in [0.2, 0.25) is 6.79 Å². The van der Waals surface area contributed by atoms with Crippen molar-refractivity contribution in [2.75, 3.05) is 6.79 Å². The van der Waals surface area contributed by atoms with E-state index in [1.807, 2.05) is 0 Å². The Hall–Kier alpha value is -6.06. The lowest BCUT2D eigenvalue weighted by molar-refractivity contribution is 0.0692. The van der Waals surface area contributed by atoms with Crippen LogP contribution in [0.1, 0.15) is 27.9 Å². The highest BCUT2D eigenvalue weighted by atomic mass is 32.2. The van der Waals surface area contributed by atoms with Crippen LogP contribution < -0.4 is 9.47 Å². The molecule has 1 aliphatic rings. The number of aromatic nitrogens is 1. The number of hydrogen-bond donors (Lipinski definition) is 1. The van der Waals surface area contributed by atoms with E-state index in [1.54, 1.807) is 54.6 Å². The van der Waals surface area contributed by atoms with Gasteiger partial charge >= 0.3 is 5.97 Å². The zero-order valence-corrected chi connectivity index (χ0v) is 25.3. The van der Waals surface area contributed by atoms with Crippen molar-refractivity contribution in [2.45, 2.75) is 11.3 Å². The molecular formula is C36H21F3N2O6S. The molecule has 48 heavy (non-hydrogen) atoms. The first-order valence-corrected chi connectivity index (χ1v) is 15.8. The predicted molar refractivity (Wildman–Crippen MR) is 170 cm³/mol. The quantitative estimate of drug-likeness (QED) is 0.182. The van der Waals surface area contributed by atoms with Gasteiger partial charge in [0, 0.05) is 33.2 Å². The first-order valence-electron chi connectivity index (χ1n) is 14.3. The molecular weight excluding hydrogens is 645 g/mol. The summed E-state index contributed by atoms with van der Waals surface area (Å²) in [6.45, 7) is -0.205. The highest BCUT2D eigenvalue weighted by molar-refractivity contribution is 7.90. The molecule has 1 aliphatic heterocycles. The summed E-state index contributed by atoms with van der Waals surface area (Å²) in [4.78, 5) is 11.5. The molecule has 0 fully saturated rings. The van der Waals surface area contributed by atoms with E-state index in [2.05, 4.69) is 6.07 Å². The van der Waals surface area contributed by atoms with E-state index in [-0.39, 0.29) is 62.0 Å². The van der Waals surface area contributed by atoms with Crippen molar-refractivity contribution < 1.29 is 41.0 Å². The first-order chi connectivity index (χ1) is 23.1. The Morgan fingerprint density at radius 3 is 2.31 bits per heavy atom. The van der Waals surface area contributed by atoms with Crippen LogP contribution in [0.15, 0.2) is 108 Å². The fraction of sp³-hybridized carbons (Fsp3) is 0.0556. The van der Waals surface area contributed by atoms with E-state index in [4.69, 9.17) is 9.47 Å². The molecule has 238 valence electrons. The van der Waals surface area contributed by atoms with Crippen molar-refractivity contribution in [3.05, 3.63) is 126 Å². The van der Waals surface area contributed by atoms with Crippen LogP contribution in [0.3, 0.4) is 0 Å². The Bertz CT molecular complexity index is 2430. The van der Waals surface area contributed by atoms with Gasteiger partial charge in [0.1, 0.15) is 11.4 Å². The van der Waals surface area contributed by atoms with E-state index >= 15 is 0 Å². The van der Waals surface area contributed by atoms with E-state index in [0.29, 0.717) is 22.3 Å². The number of rotatable bonds is 7. The van der Waals surface area contributed by atoms with Crippen LogP contribution in [0.4, 0.5) is 13.2 Å². The van der Waals surface area contributed by atoms with Gasteiger partial charge in [-0.2, -0.15) is 5.26 Å². The van der Waals surface area contributed by atoms with Crippen molar-refractivity contribution in [2.24, 2.45) is 0 Å². The van der Waals surface area contributed by atoms with E-state index in [0.717, 1.165) is 34.3 Å².